The topological polar surface area (TPSA) is 82.1 Å². The zero-order valence-corrected chi connectivity index (χ0v) is 13.2. The van der Waals surface area contributed by atoms with Crippen LogP contribution in [-0.4, -0.2) is 29.3 Å². The number of aliphatic hydroxyl groups is 1. The summed E-state index contributed by atoms with van der Waals surface area (Å²) in [7, 11) is 0. The van der Waals surface area contributed by atoms with E-state index in [2.05, 4.69) is 5.16 Å². The molecule has 0 atom stereocenters. The molecule has 0 spiro atoms. The summed E-state index contributed by atoms with van der Waals surface area (Å²) >= 11 is 0. The van der Waals surface area contributed by atoms with Crippen LogP contribution in [0.5, 0.6) is 0 Å². The summed E-state index contributed by atoms with van der Waals surface area (Å²) in [6, 6.07) is 12.7. The molecule has 0 aliphatic rings. The second kappa shape index (κ2) is 7.89. The van der Waals surface area contributed by atoms with Gasteiger partial charge in [0.25, 0.3) is 0 Å². The van der Waals surface area contributed by atoms with Crippen LogP contribution >= 0.6 is 0 Å². The fourth-order valence-corrected chi connectivity index (χ4v) is 2.46. The molecule has 0 bridgehead atoms. The number of oxime groups is 1. The molecule has 8 heteroatoms. The Hall–Kier alpha value is -2.74. The molecule has 0 heterocycles. The number of hydrogen-bond donors (Lipinski definition) is 3. The molecule has 2 aromatic carbocycles. The van der Waals surface area contributed by atoms with Gasteiger partial charge in [-0.2, -0.15) is 13.2 Å². The standard InChI is InChI=1S/C17H18F3N3O2/c18-17(19,20)15-10-13(6-7-14(15)16(21)22-25)23(8-9-24)11-12-4-2-1-3-5-12/h1-7,10,24-25H,8-9,11H2,(H2,21,22). The zero-order valence-electron chi connectivity index (χ0n) is 13.2. The first kappa shape index (κ1) is 18.6. The average molecular weight is 353 g/mol. The molecule has 0 aliphatic carbocycles. The highest BCUT2D eigenvalue weighted by molar-refractivity contribution is 5.99. The van der Waals surface area contributed by atoms with Crippen molar-refractivity contribution in [3.63, 3.8) is 0 Å². The fraction of sp³-hybridized carbons (Fsp3) is 0.235. The Morgan fingerprint density at radius 1 is 1.12 bits per heavy atom. The smallest absolute Gasteiger partial charge is 0.409 e. The van der Waals surface area contributed by atoms with Crippen LogP contribution in [0.1, 0.15) is 16.7 Å². The van der Waals surface area contributed by atoms with E-state index in [1.165, 1.54) is 6.07 Å². The van der Waals surface area contributed by atoms with Crippen molar-refractivity contribution in [2.45, 2.75) is 12.7 Å². The number of aliphatic hydroxyl groups excluding tert-OH is 1. The monoisotopic (exact) mass is 353 g/mol. The first-order chi connectivity index (χ1) is 11.9. The number of rotatable bonds is 6. The van der Waals surface area contributed by atoms with Crippen molar-refractivity contribution >= 4 is 11.5 Å². The predicted octanol–water partition coefficient (Wildman–Crippen LogP) is 2.80. The molecule has 0 aromatic heterocycles. The summed E-state index contributed by atoms with van der Waals surface area (Å²) in [5.74, 6) is -0.615. The van der Waals surface area contributed by atoms with E-state index >= 15 is 0 Å². The van der Waals surface area contributed by atoms with Crippen LogP contribution in [0.25, 0.3) is 0 Å². The van der Waals surface area contributed by atoms with Gasteiger partial charge in [0.05, 0.1) is 12.2 Å². The zero-order chi connectivity index (χ0) is 18.4. The summed E-state index contributed by atoms with van der Waals surface area (Å²) < 4.78 is 40.0. The van der Waals surface area contributed by atoms with Crippen LogP contribution in [0.15, 0.2) is 53.7 Å². The molecule has 0 fully saturated rings. The van der Waals surface area contributed by atoms with Crippen LogP contribution in [0.2, 0.25) is 0 Å². The fourth-order valence-electron chi connectivity index (χ4n) is 2.46. The minimum absolute atomic E-state index is 0.162. The van der Waals surface area contributed by atoms with Crippen LogP contribution < -0.4 is 10.6 Å². The number of benzene rings is 2. The largest absolute Gasteiger partial charge is 0.417 e. The molecular formula is C17H18F3N3O2. The predicted molar refractivity (Wildman–Crippen MR) is 88.5 cm³/mol. The summed E-state index contributed by atoms with van der Waals surface area (Å²) in [4.78, 5) is 1.63. The lowest BCUT2D eigenvalue weighted by Gasteiger charge is -2.25. The number of hydrogen-bond acceptors (Lipinski definition) is 4. The van der Waals surface area contributed by atoms with Crippen molar-refractivity contribution in [1.82, 2.24) is 0 Å². The molecule has 0 saturated carbocycles. The Balaban J connectivity index is 2.44. The molecule has 134 valence electrons. The van der Waals surface area contributed by atoms with Gasteiger partial charge in [0.1, 0.15) is 0 Å². The van der Waals surface area contributed by atoms with Crippen molar-refractivity contribution in [1.29, 1.82) is 0 Å². The average Bonchev–Trinajstić information content (AvgIpc) is 2.60. The van der Waals surface area contributed by atoms with Crippen LogP contribution in [0.3, 0.4) is 0 Å². The molecule has 0 amide bonds. The van der Waals surface area contributed by atoms with E-state index in [9.17, 15) is 18.3 Å². The van der Waals surface area contributed by atoms with E-state index in [0.29, 0.717) is 6.54 Å². The van der Waals surface area contributed by atoms with Crippen LogP contribution in [0.4, 0.5) is 18.9 Å². The molecule has 25 heavy (non-hydrogen) atoms. The van der Waals surface area contributed by atoms with Gasteiger partial charge in [0.15, 0.2) is 5.84 Å². The third-order valence-corrected chi connectivity index (χ3v) is 3.64. The number of anilines is 1. The van der Waals surface area contributed by atoms with E-state index in [4.69, 9.17) is 10.9 Å². The van der Waals surface area contributed by atoms with E-state index < -0.39 is 23.1 Å². The second-order valence-corrected chi connectivity index (χ2v) is 5.34. The van der Waals surface area contributed by atoms with Gasteiger partial charge >= 0.3 is 6.18 Å². The van der Waals surface area contributed by atoms with Crippen LogP contribution in [-0.2, 0) is 12.7 Å². The first-order valence-corrected chi connectivity index (χ1v) is 7.45. The van der Waals surface area contributed by atoms with E-state index in [1.54, 1.807) is 4.90 Å². The number of nitrogens with two attached hydrogens (primary N) is 1. The second-order valence-electron chi connectivity index (χ2n) is 5.34. The molecule has 2 rings (SSSR count). The number of halogens is 3. The summed E-state index contributed by atoms with van der Waals surface area (Å²) in [5, 5.41) is 20.6. The summed E-state index contributed by atoms with van der Waals surface area (Å²) in [5.41, 5.74) is 5.11. The number of amidine groups is 1. The van der Waals surface area contributed by atoms with Gasteiger partial charge in [0.2, 0.25) is 0 Å². The van der Waals surface area contributed by atoms with Crippen LogP contribution in [0, 0.1) is 0 Å². The van der Waals surface area contributed by atoms with Gasteiger partial charge in [-0.25, -0.2) is 0 Å². The Bertz CT molecular complexity index is 734. The van der Waals surface area contributed by atoms with E-state index in [-0.39, 0.29) is 18.8 Å². The third kappa shape index (κ3) is 4.63. The minimum Gasteiger partial charge on any atom is -0.409 e. The lowest BCUT2D eigenvalue weighted by molar-refractivity contribution is -0.137. The van der Waals surface area contributed by atoms with Gasteiger partial charge in [-0.15, -0.1) is 0 Å². The number of alkyl halides is 3. The van der Waals surface area contributed by atoms with Gasteiger partial charge in [-0.3, -0.25) is 0 Å². The normalized spacial score (nSPS) is 12.2. The minimum atomic E-state index is -4.67. The molecule has 0 unspecified atom stereocenters. The maximum atomic E-state index is 13.3. The lowest BCUT2D eigenvalue weighted by Crippen LogP contribution is -2.27. The Labute approximate surface area is 142 Å². The summed E-state index contributed by atoms with van der Waals surface area (Å²) in [6.45, 7) is 0.285. The van der Waals surface area contributed by atoms with Gasteiger partial charge in [0, 0.05) is 24.3 Å². The van der Waals surface area contributed by atoms with Crippen molar-refractivity contribution in [2.24, 2.45) is 10.9 Å². The molecular weight excluding hydrogens is 335 g/mol. The Morgan fingerprint density at radius 3 is 2.36 bits per heavy atom. The number of nitrogens with zero attached hydrogens (tertiary/aromatic N) is 2. The molecule has 0 aliphatic heterocycles. The quantitative estimate of drug-likeness (QED) is 0.323. The van der Waals surface area contributed by atoms with Gasteiger partial charge in [-0.05, 0) is 23.8 Å². The van der Waals surface area contributed by atoms with E-state index in [0.717, 1.165) is 17.7 Å². The highest BCUT2D eigenvalue weighted by Crippen LogP contribution is 2.35. The molecule has 2 aromatic rings. The lowest BCUT2D eigenvalue weighted by atomic mass is 10.0. The summed E-state index contributed by atoms with van der Waals surface area (Å²) in [6.07, 6.45) is -4.67. The van der Waals surface area contributed by atoms with Crippen molar-refractivity contribution in [2.75, 3.05) is 18.1 Å². The van der Waals surface area contributed by atoms with E-state index in [1.807, 2.05) is 30.3 Å². The maximum Gasteiger partial charge on any atom is 0.417 e. The highest BCUT2D eigenvalue weighted by Gasteiger charge is 2.35. The highest BCUT2D eigenvalue weighted by atomic mass is 19.4. The Kier molecular flexibility index (Phi) is 5.87. The molecule has 0 saturated heterocycles. The van der Waals surface area contributed by atoms with Crippen molar-refractivity contribution in [3.05, 3.63) is 65.2 Å². The van der Waals surface area contributed by atoms with Crippen molar-refractivity contribution in [3.8, 4) is 0 Å². The third-order valence-electron chi connectivity index (χ3n) is 3.64. The Morgan fingerprint density at radius 2 is 1.80 bits per heavy atom. The SMILES string of the molecule is N/C(=N/O)c1ccc(N(CCO)Cc2ccccc2)cc1C(F)(F)F. The molecule has 0 radical (unpaired) electrons. The van der Waals surface area contributed by atoms with Gasteiger partial charge in [-0.1, -0.05) is 35.5 Å². The van der Waals surface area contributed by atoms with Gasteiger partial charge < -0.3 is 20.9 Å². The first-order valence-electron chi connectivity index (χ1n) is 7.45. The van der Waals surface area contributed by atoms with Crippen molar-refractivity contribution < 1.29 is 23.5 Å². The molecule has 4 N–H and O–H groups in total. The maximum absolute atomic E-state index is 13.3. The molecule has 5 nitrogen and oxygen atoms in total.